The van der Waals surface area contributed by atoms with Crippen molar-refractivity contribution in [1.29, 1.82) is 0 Å². The van der Waals surface area contributed by atoms with Crippen LogP contribution in [0.4, 0.5) is 0 Å². The molecule has 0 amide bonds. The fourth-order valence-electron chi connectivity index (χ4n) is 6.11. The smallest absolute Gasteiger partial charge is 0.338 e. The summed E-state index contributed by atoms with van der Waals surface area (Å²) >= 11 is 0. The highest BCUT2D eigenvalue weighted by atomic mass is 16.6. The molecule has 2 aliphatic carbocycles. The standard InChI is InChI=1S/C33H40O10/c1-18-14-15-32(7,8)30(41-22(5)35)25(37)16-19(2)27(40-21(4)34)26-28(42-31(39)24-12-10-9-11-13-24)20(3)17-33(26,29(18)38)43-23(6)36/h9-16,18,20,26-28,30H,17H2,1-8H3/b15-14?,19-16-. The molecule has 1 saturated carbocycles. The van der Waals surface area contributed by atoms with Gasteiger partial charge in [-0.3, -0.25) is 24.0 Å². The summed E-state index contributed by atoms with van der Waals surface area (Å²) < 4.78 is 23.1. The molecule has 1 fully saturated rings. The van der Waals surface area contributed by atoms with E-state index in [0.717, 1.165) is 0 Å². The molecule has 0 heterocycles. The van der Waals surface area contributed by atoms with E-state index in [-0.39, 0.29) is 17.6 Å². The van der Waals surface area contributed by atoms with Gasteiger partial charge in [0.05, 0.1) is 11.5 Å². The third kappa shape index (κ3) is 7.29. The van der Waals surface area contributed by atoms with E-state index in [1.165, 1.54) is 33.8 Å². The predicted octanol–water partition coefficient (Wildman–Crippen LogP) is 4.35. The van der Waals surface area contributed by atoms with Crippen LogP contribution in [0.2, 0.25) is 0 Å². The average Bonchev–Trinajstić information content (AvgIpc) is 3.18. The number of Topliss-reactive ketones (excluding diaryl/α,β-unsaturated/α-hetero) is 1. The van der Waals surface area contributed by atoms with Crippen molar-refractivity contribution < 1.29 is 47.7 Å². The lowest BCUT2D eigenvalue weighted by atomic mass is 9.74. The third-order valence-corrected chi connectivity index (χ3v) is 7.96. The molecule has 1 aromatic carbocycles. The van der Waals surface area contributed by atoms with Crippen molar-refractivity contribution in [2.24, 2.45) is 23.2 Å². The molecule has 3 rings (SSSR count). The number of benzene rings is 1. The van der Waals surface area contributed by atoms with E-state index >= 15 is 0 Å². The van der Waals surface area contributed by atoms with E-state index in [0.29, 0.717) is 0 Å². The summed E-state index contributed by atoms with van der Waals surface area (Å²) in [4.78, 5) is 78.5. The van der Waals surface area contributed by atoms with Crippen LogP contribution in [0, 0.1) is 23.2 Å². The number of hydrogen-bond acceptors (Lipinski definition) is 10. The molecule has 10 nitrogen and oxygen atoms in total. The number of hydrogen-bond donors (Lipinski definition) is 0. The first-order valence-electron chi connectivity index (χ1n) is 14.3. The quantitative estimate of drug-likeness (QED) is 0.274. The SMILES string of the molecule is CC(=O)OC1/C(C)=C\C(=O)C(OC(C)=O)C(C)(C)C=CC(C)C(=O)C2(OC(C)=O)CC(C)C(OC(=O)c3ccccc3)C12. The molecule has 2 aliphatic rings. The van der Waals surface area contributed by atoms with Crippen LogP contribution in [0.25, 0.3) is 0 Å². The Labute approximate surface area is 251 Å². The summed E-state index contributed by atoms with van der Waals surface area (Å²) in [5.74, 6) is -6.54. The Kier molecular flexibility index (Phi) is 10.1. The number of carbonyl (C=O) groups excluding carboxylic acids is 6. The van der Waals surface area contributed by atoms with E-state index in [4.69, 9.17) is 18.9 Å². The zero-order valence-electron chi connectivity index (χ0n) is 25.9. The molecule has 0 radical (unpaired) electrons. The van der Waals surface area contributed by atoms with E-state index in [9.17, 15) is 28.8 Å². The van der Waals surface area contributed by atoms with Crippen LogP contribution in [0.3, 0.4) is 0 Å². The maximum absolute atomic E-state index is 14.4. The molecule has 1 aromatic rings. The van der Waals surface area contributed by atoms with Gasteiger partial charge in [-0.15, -0.1) is 0 Å². The van der Waals surface area contributed by atoms with Gasteiger partial charge in [0.25, 0.3) is 0 Å². The highest BCUT2D eigenvalue weighted by Gasteiger charge is 2.64. The third-order valence-electron chi connectivity index (χ3n) is 7.96. The Hall–Kier alpha value is -4.08. The number of ketones is 2. The fraction of sp³-hybridized carbons (Fsp3) is 0.515. The minimum atomic E-state index is -1.88. The Morgan fingerprint density at radius 1 is 0.860 bits per heavy atom. The molecule has 0 aromatic heterocycles. The van der Waals surface area contributed by atoms with Crippen LogP contribution in [-0.2, 0) is 42.9 Å². The van der Waals surface area contributed by atoms with E-state index < -0.39 is 82.5 Å². The van der Waals surface area contributed by atoms with Crippen LogP contribution in [0.15, 0.2) is 54.1 Å². The maximum Gasteiger partial charge on any atom is 0.338 e. The minimum Gasteiger partial charge on any atom is -0.458 e. The molecule has 10 heteroatoms. The van der Waals surface area contributed by atoms with Gasteiger partial charge in [0.2, 0.25) is 0 Å². The lowest BCUT2D eigenvalue weighted by Crippen LogP contribution is -2.56. The van der Waals surface area contributed by atoms with Crippen molar-refractivity contribution in [2.75, 3.05) is 0 Å². The van der Waals surface area contributed by atoms with Crippen LogP contribution in [0.1, 0.15) is 72.2 Å². The van der Waals surface area contributed by atoms with Crippen molar-refractivity contribution in [3.8, 4) is 0 Å². The van der Waals surface area contributed by atoms with Crippen molar-refractivity contribution >= 4 is 35.4 Å². The molecule has 7 unspecified atom stereocenters. The Morgan fingerprint density at radius 3 is 2.02 bits per heavy atom. The van der Waals surface area contributed by atoms with Gasteiger partial charge in [0.15, 0.2) is 23.3 Å². The zero-order valence-corrected chi connectivity index (χ0v) is 25.9. The first-order chi connectivity index (χ1) is 20.0. The summed E-state index contributed by atoms with van der Waals surface area (Å²) in [6.07, 6.45) is 0.698. The molecule has 0 saturated heterocycles. The molecule has 43 heavy (non-hydrogen) atoms. The summed E-state index contributed by atoms with van der Waals surface area (Å²) in [6.45, 7) is 11.8. The highest BCUT2D eigenvalue weighted by molar-refractivity contribution is 5.97. The highest BCUT2D eigenvalue weighted by Crippen LogP contribution is 2.50. The molecule has 0 spiro atoms. The largest absolute Gasteiger partial charge is 0.458 e. The van der Waals surface area contributed by atoms with Crippen LogP contribution in [0.5, 0.6) is 0 Å². The van der Waals surface area contributed by atoms with Gasteiger partial charge in [-0.1, -0.05) is 58.0 Å². The van der Waals surface area contributed by atoms with Crippen molar-refractivity contribution in [3.05, 3.63) is 59.7 Å². The molecular weight excluding hydrogens is 556 g/mol. The Morgan fingerprint density at radius 2 is 1.47 bits per heavy atom. The lowest BCUT2D eigenvalue weighted by molar-refractivity contribution is -0.182. The van der Waals surface area contributed by atoms with Gasteiger partial charge >= 0.3 is 23.9 Å². The van der Waals surface area contributed by atoms with Crippen molar-refractivity contribution in [2.45, 2.75) is 85.7 Å². The Balaban J connectivity index is 2.31. The van der Waals surface area contributed by atoms with Crippen LogP contribution < -0.4 is 0 Å². The van der Waals surface area contributed by atoms with E-state index in [2.05, 4.69) is 0 Å². The summed E-state index contributed by atoms with van der Waals surface area (Å²) in [5, 5.41) is 0. The second kappa shape index (κ2) is 13.1. The zero-order chi connectivity index (χ0) is 32.3. The molecule has 232 valence electrons. The molecule has 0 bridgehead atoms. The fourth-order valence-corrected chi connectivity index (χ4v) is 6.11. The Bertz CT molecular complexity index is 1340. The van der Waals surface area contributed by atoms with E-state index in [1.54, 1.807) is 70.2 Å². The van der Waals surface area contributed by atoms with Crippen LogP contribution >= 0.6 is 0 Å². The first-order valence-corrected chi connectivity index (χ1v) is 14.3. The molecule has 0 N–H and O–H groups in total. The topological polar surface area (TPSA) is 139 Å². The van der Waals surface area contributed by atoms with Gasteiger partial charge in [0, 0.05) is 38.5 Å². The lowest BCUT2D eigenvalue weighted by Gasteiger charge is -2.40. The number of rotatable bonds is 5. The number of esters is 4. The van der Waals surface area contributed by atoms with Gasteiger partial charge in [-0.05, 0) is 36.6 Å². The summed E-state index contributed by atoms with van der Waals surface area (Å²) in [6, 6.07) is 8.24. The molecule has 0 aliphatic heterocycles. The monoisotopic (exact) mass is 596 g/mol. The van der Waals surface area contributed by atoms with Crippen LogP contribution in [-0.4, -0.2) is 59.4 Å². The van der Waals surface area contributed by atoms with Crippen molar-refractivity contribution in [1.82, 2.24) is 0 Å². The minimum absolute atomic E-state index is 0.0283. The average molecular weight is 597 g/mol. The van der Waals surface area contributed by atoms with Gasteiger partial charge in [0.1, 0.15) is 12.2 Å². The first kappa shape index (κ1) is 33.4. The second-order valence-electron chi connectivity index (χ2n) is 12.1. The second-order valence-corrected chi connectivity index (χ2v) is 12.1. The number of allylic oxidation sites excluding steroid dienone is 1. The summed E-state index contributed by atoms with van der Waals surface area (Å²) in [5.41, 5.74) is -2.48. The normalized spacial score (nSPS) is 31.8. The molecular formula is C33H40O10. The summed E-state index contributed by atoms with van der Waals surface area (Å²) in [7, 11) is 0. The number of ether oxygens (including phenoxy) is 4. The predicted molar refractivity (Wildman–Crippen MR) is 154 cm³/mol. The molecule has 7 atom stereocenters. The number of fused-ring (bicyclic) bond motifs is 1. The number of carbonyl (C=O) groups is 6. The van der Waals surface area contributed by atoms with Gasteiger partial charge in [-0.2, -0.15) is 0 Å². The maximum atomic E-state index is 14.4. The van der Waals surface area contributed by atoms with Crippen molar-refractivity contribution in [3.63, 3.8) is 0 Å². The van der Waals surface area contributed by atoms with Gasteiger partial charge in [-0.25, -0.2) is 4.79 Å². The van der Waals surface area contributed by atoms with E-state index in [1.807, 2.05) is 0 Å². The van der Waals surface area contributed by atoms with Gasteiger partial charge < -0.3 is 18.9 Å².